The van der Waals surface area contributed by atoms with Crippen molar-refractivity contribution in [3.05, 3.63) is 0 Å². The van der Waals surface area contributed by atoms with Crippen molar-refractivity contribution in [3.8, 4) is 0 Å². The Morgan fingerprint density at radius 1 is 1.45 bits per heavy atom. The highest BCUT2D eigenvalue weighted by Crippen LogP contribution is 2.03. The van der Waals surface area contributed by atoms with Gasteiger partial charge in [0, 0.05) is 19.6 Å². The number of carboxylic acids is 1. The smallest absolute Gasteiger partial charge is 0.326 e. The Balaban J connectivity index is 2.29. The molecule has 0 aliphatic carbocycles. The van der Waals surface area contributed by atoms with Gasteiger partial charge in [0.1, 0.15) is 6.04 Å². The fourth-order valence-corrected chi connectivity index (χ4v) is 2.15. The number of carboxylic acid groups (broad SMARTS) is 1. The summed E-state index contributed by atoms with van der Waals surface area (Å²) in [4.78, 5) is 24.9. The van der Waals surface area contributed by atoms with Crippen molar-refractivity contribution < 1.29 is 19.4 Å². The van der Waals surface area contributed by atoms with Gasteiger partial charge in [-0.2, -0.15) is 0 Å². The zero-order chi connectivity index (χ0) is 15.0. The Labute approximate surface area is 119 Å². The highest BCUT2D eigenvalue weighted by molar-refractivity contribution is 5.82. The molecule has 1 rings (SSSR count). The minimum Gasteiger partial charge on any atom is -0.480 e. The van der Waals surface area contributed by atoms with Crippen LogP contribution >= 0.6 is 0 Å². The van der Waals surface area contributed by atoms with Crippen molar-refractivity contribution in [1.29, 1.82) is 0 Å². The Morgan fingerprint density at radius 3 is 2.80 bits per heavy atom. The number of hydrogen-bond donors (Lipinski definition) is 3. The van der Waals surface area contributed by atoms with E-state index >= 15 is 0 Å². The molecule has 0 bridgehead atoms. The van der Waals surface area contributed by atoms with Gasteiger partial charge in [-0.1, -0.05) is 20.3 Å². The van der Waals surface area contributed by atoms with Crippen LogP contribution in [-0.2, 0) is 9.53 Å². The van der Waals surface area contributed by atoms with E-state index in [1.807, 2.05) is 6.92 Å². The van der Waals surface area contributed by atoms with Crippen LogP contribution < -0.4 is 10.6 Å². The van der Waals surface area contributed by atoms with Crippen molar-refractivity contribution >= 4 is 12.0 Å². The number of aliphatic carboxylic acids is 1. The summed E-state index contributed by atoms with van der Waals surface area (Å²) < 4.78 is 5.56. The van der Waals surface area contributed by atoms with E-state index in [9.17, 15) is 9.59 Å². The van der Waals surface area contributed by atoms with E-state index < -0.39 is 18.0 Å². The largest absolute Gasteiger partial charge is 0.480 e. The molecule has 7 heteroatoms. The lowest BCUT2D eigenvalue weighted by Gasteiger charge is -2.32. The highest BCUT2D eigenvalue weighted by Gasteiger charge is 2.22. The van der Waals surface area contributed by atoms with Crippen LogP contribution in [0.25, 0.3) is 0 Å². The normalized spacial score (nSPS) is 21.2. The van der Waals surface area contributed by atoms with Gasteiger partial charge < -0.3 is 20.5 Å². The summed E-state index contributed by atoms with van der Waals surface area (Å²) in [5.41, 5.74) is 0. The van der Waals surface area contributed by atoms with Crippen LogP contribution in [0.3, 0.4) is 0 Å². The van der Waals surface area contributed by atoms with Crippen molar-refractivity contribution in [2.24, 2.45) is 0 Å². The van der Waals surface area contributed by atoms with Crippen LogP contribution in [0.4, 0.5) is 4.79 Å². The third-order valence-electron chi connectivity index (χ3n) is 3.34. The van der Waals surface area contributed by atoms with E-state index in [-0.39, 0.29) is 6.10 Å². The molecule has 2 amide bonds. The first-order chi connectivity index (χ1) is 9.56. The number of nitrogens with one attached hydrogen (secondary N) is 2. The van der Waals surface area contributed by atoms with Gasteiger partial charge in [-0.3, -0.25) is 4.90 Å². The van der Waals surface area contributed by atoms with E-state index in [4.69, 9.17) is 9.84 Å². The number of likely N-dealkylation sites (N-methyl/N-ethyl adjacent to an activating group) is 1. The number of morpholine rings is 1. The molecule has 0 aromatic heterocycles. The quantitative estimate of drug-likeness (QED) is 0.625. The summed E-state index contributed by atoms with van der Waals surface area (Å²) in [6, 6.07) is -1.29. The summed E-state index contributed by atoms with van der Waals surface area (Å²) in [6.45, 7) is 7.68. The maximum absolute atomic E-state index is 11.7. The van der Waals surface area contributed by atoms with Crippen molar-refractivity contribution in [1.82, 2.24) is 15.5 Å². The molecular weight excluding hydrogens is 262 g/mol. The van der Waals surface area contributed by atoms with E-state index in [1.165, 1.54) is 0 Å². The molecule has 1 aliphatic heterocycles. The topological polar surface area (TPSA) is 90.9 Å². The fourth-order valence-electron chi connectivity index (χ4n) is 2.15. The van der Waals surface area contributed by atoms with Crippen LogP contribution in [-0.4, -0.2) is 66.9 Å². The number of rotatable bonds is 7. The van der Waals surface area contributed by atoms with Gasteiger partial charge in [0.15, 0.2) is 0 Å². The summed E-state index contributed by atoms with van der Waals surface area (Å²) >= 11 is 0. The lowest BCUT2D eigenvalue weighted by Crippen LogP contribution is -2.51. The van der Waals surface area contributed by atoms with Crippen molar-refractivity contribution in [2.45, 2.75) is 38.8 Å². The van der Waals surface area contributed by atoms with Gasteiger partial charge in [-0.25, -0.2) is 9.59 Å². The first kappa shape index (κ1) is 16.7. The number of nitrogens with zero attached hydrogens (tertiary/aromatic N) is 1. The van der Waals surface area contributed by atoms with Gasteiger partial charge in [-0.05, 0) is 13.0 Å². The van der Waals surface area contributed by atoms with Gasteiger partial charge in [-0.15, -0.1) is 0 Å². The molecule has 1 unspecified atom stereocenters. The Hall–Kier alpha value is -1.34. The first-order valence-electron chi connectivity index (χ1n) is 7.17. The third kappa shape index (κ3) is 5.75. The van der Waals surface area contributed by atoms with Crippen LogP contribution in [0.2, 0.25) is 0 Å². The van der Waals surface area contributed by atoms with Gasteiger partial charge in [0.2, 0.25) is 0 Å². The molecule has 1 heterocycles. The number of amides is 2. The minimum atomic E-state index is -1.01. The zero-order valence-corrected chi connectivity index (χ0v) is 12.2. The standard InChI is InChI=1S/C13H25N3O4/c1-3-5-11(12(17)18)15-13(19)14-8-10-9-16(4-2)6-7-20-10/h10-11H,3-9H2,1-2H3,(H,17,18)(H2,14,15,19)/t10?,11-/m1/s1. The minimum absolute atomic E-state index is 0.0381. The van der Waals surface area contributed by atoms with Crippen molar-refractivity contribution in [3.63, 3.8) is 0 Å². The van der Waals surface area contributed by atoms with E-state index in [0.29, 0.717) is 26.0 Å². The molecule has 116 valence electrons. The second-order valence-electron chi connectivity index (χ2n) is 4.92. The fraction of sp³-hybridized carbons (Fsp3) is 0.846. The number of carbonyl (C=O) groups is 2. The van der Waals surface area contributed by atoms with Gasteiger partial charge >= 0.3 is 12.0 Å². The predicted octanol–water partition coefficient (Wildman–Crippen LogP) is 0.260. The molecule has 1 fully saturated rings. The molecule has 1 saturated heterocycles. The molecule has 2 atom stereocenters. The van der Waals surface area contributed by atoms with Crippen LogP contribution in [0, 0.1) is 0 Å². The maximum atomic E-state index is 11.7. The Morgan fingerprint density at radius 2 is 2.20 bits per heavy atom. The number of ether oxygens (including phenoxy) is 1. The zero-order valence-electron chi connectivity index (χ0n) is 12.2. The SMILES string of the molecule is CCC[C@@H](NC(=O)NCC1CN(CC)CCO1)C(=O)O. The number of hydrogen-bond acceptors (Lipinski definition) is 4. The summed E-state index contributed by atoms with van der Waals surface area (Å²) in [7, 11) is 0. The van der Waals surface area contributed by atoms with E-state index in [2.05, 4.69) is 22.5 Å². The summed E-state index contributed by atoms with van der Waals surface area (Å²) in [5, 5.41) is 14.1. The second kappa shape index (κ2) is 8.76. The molecule has 7 nitrogen and oxygen atoms in total. The van der Waals surface area contributed by atoms with Crippen LogP contribution in [0.15, 0.2) is 0 Å². The molecule has 0 aromatic carbocycles. The first-order valence-corrected chi connectivity index (χ1v) is 7.17. The average molecular weight is 287 g/mol. The molecule has 20 heavy (non-hydrogen) atoms. The average Bonchev–Trinajstić information content (AvgIpc) is 2.44. The maximum Gasteiger partial charge on any atom is 0.326 e. The Bertz CT molecular complexity index is 325. The second-order valence-corrected chi connectivity index (χ2v) is 4.92. The monoisotopic (exact) mass is 287 g/mol. The van der Waals surface area contributed by atoms with E-state index in [1.54, 1.807) is 0 Å². The predicted molar refractivity (Wildman–Crippen MR) is 74.7 cm³/mol. The molecule has 0 spiro atoms. The Kier molecular flexibility index (Phi) is 7.32. The van der Waals surface area contributed by atoms with Gasteiger partial charge in [0.25, 0.3) is 0 Å². The molecule has 3 N–H and O–H groups in total. The van der Waals surface area contributed by atoms with Crippen LogP contribution in [0.1, 0.15) is 26.7 Å². The highest BCUT2D eigenvalue weighted by atomic mass is 16.5. The number of urea groups is 1. The third-order valence-corrected chi connectivity index (χ3v) is 3.34. The van der Waals surface area contributed by atoms with Gasteiger partial charge in [0.05, 0.1) is 12.7 Å². The summed E-state index contributed by atoms with van der Waals surface area (Å²) in [6.07, 6.45) is 1.09. The van der Waals surface area contributed by atoms with E-state index in [0.717, 1.165) is 19.6 Å². The number of carbonyl (C=O) groups excluding carboxylic acids is 1. The summed E-state index contributed by atoms with van der Waals surface area (Å²) in [5.74, 6) is -1.01. The lowest BCUT2D eigenvalue weighted by molar-refractivity contribution is -0.139. The molecular formula is C13H25N3O4. The molecule has 1 aliphatic rings. The molecule has 0 saturated carbocycles. The molecule has 0 radical (unpaired) electrons. The van der Waals surface area contributed by atoms with Crippen LogP contribution in [0.5, 0.6) is 0 Å². The lowest BCUT2D eigenvalue weighted by atomic mass is 10.2. The van der Waals surface area contributed by atoms with Crippen molar-refractivity contribution in [2.75, 3.05) is 32.8 Å². The molecule has 0 aromatic rings.